The highest BCUT2D eigenvalue weighted by Gasteiger charge is 2.27. The second-order valence-electron chi connectivity index (χ2n) is 6.10. The first-order valence-electron chi connectivity index (χ1n) is 6.80. The summed E-state index contributed by atoms with van der Waals surface area (Å²) in [7, 11) is 0. The molecule has 0 saturated carbocycles. The van der Waals surface area contributed by atoms with Crippen LogP contribution >= 0.6 is 15.9 Å². The molecule has 19 heavy (non-hydrogen) atoms. The van der Waals surface area contributed by atoms with Crippen molar-refractivity contribution in [3.8, 4) is 0 Å². The predicted octanol–water partition coefficient (Wildman–Crippen LogP) is 3.55. The molecule has 1 saturated heterocycles. The molecule has 1 aromatic carbocycles. The lowest BCUT2D eigenvalue weighted by Crippen LogP contribution is -2.47. The Hall–Kier alpha value is -0.450. The van der Waals surface area contributed by atoms with Crippen LogP contribution in [0, 0.1) is 5.82 Å². The van der Waals surface area contributed by atoms with E-state index in [2.05, 4.69) is 46.9 Å². The van der Waals surface area contributed by atoms with Crippen molar-refractivity contribution in [2.45, 2.75) is 45.3 Å². The first-order valence-corrected chi connectivity index (χ1v) is 7.60. The van der Waals surface area contributed by atoms with E-state index >= 15 is 0 Å². The van der Waals surface area contributed by atoms with Crippen LogP contribution in [0.1, 0.15) is 32.8 Å². The standard InChI is InChI=1S/C15H22BrFN2/c1-11-6-7-18-15(2,3)10-19(11)9-12-4-5-14(17)13(16)8-12/h4-5,8,11,18H,6-7,9-10H2,1-3H3. The van der Waals surface area contributed by atoms with Crippen LogP contribution in [0.2, 0.25) is 0 Å². The number of halogens is 2. The van der Waals surface area contributed by atoms with Gasteiger partial charge >= 0.3 is 0 Å². The van der Waals surface area contributed by atoms with Crippen molar-refractivity contribution in [3.63, 3.8) is 0 Å². The number of hydrogen-bond acceptors (Lipinski definition) is 2. The molecule has 0 radical (unpaired) electrons. The minimum absolute atomic E-state index is 0.127. The smallest absolute Gasteiger partial charge is 0.137 e. The van der Waals surface area contributed by atoms with Crippen molar-refractivity contribution in [2.75, 3.05) is 13.1 Å². The summed E-state index contributed by atoms with van der Waals surface area (Å²) in [6.45, 7) is 9.66. The Kier molecular flexibility index (Phi) is 4.64. The molecule has 0 amide bonds. The minimum atomic E-state index is -0.199. The van der Waals surface area contributed by atoms with E-state index in [4.69, 9.17) is 0 Å². The van der Waals surface area contributed by atoms with Gasteiger partial charge in [0.25, 0.3) is 0 Å². The fraction of sp³-hybridized carbons (Fsp3) is 0.600. The van der Waals surface area contributed by atoms with Gasteiger partial charge in [-0.3, -0.25) is 4.90 Å². The molecule has 106 valence electrons. The summed E-state index contributed by atoms with van der Waals surface area (Å²) in [4.78, 5) is 2.47. The second kappa shape index (κ2) is 5.90. The Bertz CT molecular complexity index is 448. The van der Waals surface area contributed by atoms with Crippen LogP contribution < -0.4 is 5.32 Å². The van der Waals surface area contributed by atoms with Gasteiger partial charge in [0.2, 0.25) is 0 Å². The zero-order chi connectivity index (χ0) is 14.0. The van der Waals surface area contributed by atoms with Gasteiger partial charge in [0.15, 0.2) is 0 Å². The normalized spacial score (nSPS) is 24.2. The molecule has 0 spiro atoms. The van der Waals surface area contributed by atoms with Crippen molar-refractivity contribution in [2.24, 2.45) is 0 Å². The molecule has 4 heteroatoms. The lowest BCUT2D eigenvalue weighted by molar-refractivity contribution is 0.173. The Balaban J connectivity index is 2.12. The van der Waals surface area contributed by atoms with Gasteiger partial charge in [0, 0.05) is 24.7 Å². The summed E-state index contributed by atoms with van der Waals surface area (Å²) in [5, 5.41) is 3.58. The average molecular weight is 329 g/mol. The average Bonchev–Trinajstić information content (AvgIpc) is 2.43. The molecule has 2 rings (SSSR count). The van der Waals surface area contributed by atoms with E-state index in [1.54, 1.807) is 0 Å². The minimum Gasteiger partial charge on any atom is -0.310 e. The Morgan fingerprint density at radius 3 is 2.89 bits per heavy atom. The Morgan fingerprint density at radius 1 is 1.47 bits per heavy atom. The fourth-order valence-electron chi connectivity index (χ4n) is 2.61. The van der Waals surface area contributed by atoms with E-state index in [0.29, 0.717) is 10.5 Å². The highest BCUT2D eigenvalue weighted by molar-refractivity contribution is 9.10. The van der Waals surface area contributed by atoms with Gasteiger partial charge < -0.3 is 5.32 Å². The number of nitrogens with zero attached hydrogens (tertiary/aromatic N) is 1. The van der Waals surface area contributed by atoms with Crippen LogP contribution in [0.15, 0.2) is 22.7 Å². The van der Waals surface area contributed by atoms with E-state index < -0.39 is 0 Å². The topological polar surface area (TPSA) is 15.3 Å². The third kappa shape index (κ3) is 4.01. The second-order valence-corrected chi connectivity index (χ2v) is 6.96. The van der Waals surface area contributed by atoms with Gasteiger partial charge in [0.05, 0.1) is 4.47 Å². The number of nitrogens with one attached hydrogen (secondary N) is 1. The Morgan fingerprint density at radius 2 is 2.21 bits per heavy atom. The maximum atomic E-state index is 13.3. The molecule has 1 N–H and O–H groups in total. The third-order valence-electron chi connectivity index (χ3n) is 3.76. The molecule has 0 aliphatic carbocycles. The first-order chi connectivity index (χ1) is 8.87. The van der Waals surface area contributed by atoms with E-state index in [9.17, 15) is 4.39 Å². The highest BCUT2D eigenvalue weighted by atomic mass is 79.9. The molecule has 1 aliphatic rings. The van der Waals surface area contributed by atoms with Gasteiger partial charge in [0.1, 0.15) is 5.82 Å². The van der Waals surface area contributed by atoms with Crippen LogP contribution in [0.25, 0.3) is 0 Å². The molecule has 1 aromatic rings. The molecule has 1 aliphatic heterocycles. The molecule has 1 unspecified atom stereocenters. The predicted molar refractivity (Wildman–Crippen MR) is 80.7 cm³/mol. The molecule has 2 nitrogen and oxygen atoms in total. The largest absolute Gasteiger partial charge is 0.310 e. The molecule has 0 aromatic heterocycles. The molecule has 0 bridgehead atoms. The van der Waals surface area contributed by atoms with Crippen molar-refractivity contribution in [1.29, 1.82) is 0 Å². The first kappa shape index (κ1) is 14.9. The summed E-state index contributed by atoms with van der Waals surface area (Å²) in [5.74, 6) is -0.199. The molecular formula is C15H22BrFN2. The zero-order valence-electron chi connectivity index (χ0n) is 11.8. The third-order valence-corrected chi connectivity index (χ3v) is 4.36. The van der Waals surface area contributed by atoms with Crippen molar-refractivity contribution in [1.82, 2.24) is 10.2 Å². The zero-order valence-corrected chi connectivity index (χ0v) is 13.4. The van der Waals surface area contributed by atoms with E-state index in [1.165, 1.54) is 6.07 Å². The van der Waals surface area contributed by atoms with Gasteiger partial charge in [-0.1, -0.05) is 6.07 Å². The van der Waals surface area contributed by atoms with E-state index in [0.717, 1.165) is 31.6 Å². The molecule has 1 fully saturated rings. The summed E-state index contributed by atoms with van der Waals surface area (Å²) >= 11 is 3.26. The maximum absolute atomic E-state index is 13.3. The van der Waals surface area contributed by atoms with Crippen molar-refractivity contribution in [3.05, 3.63) is 34.1 Å². The summed E-state index contributed by atoms with van der Waals surface area (Å²) in [6.07, 6.45) is 1.14. The van der Waals surface area contributed by atoms with E-state index in [-0.39, 0.29) is 11.4 Å². The number of hydrogen-bond donors (Lipinski definition) is 1. The summed E-state index contributed by atoms with van der Waals surface area (Å²) < 4.78 is 13.8. The van der Waals surface area contributed by atoms with Gasteiger partial charge in [-0.05, 0) is 67.4 Å². The Labute approximate surface area is 123 Å². The fourth-order valence-corrected chi connectivity index (χ4v) is 3.03. The maximum Gasteiger partial charge on any atom is 0.137 e. The van der Waals surface area contributed by atoms with Gasteiger partial charge in [-0.15, -0.1) is 0 Å². The number of rotatable bonds is 2. The lowest BCUT2D eigenvalue weighted by atomic mass is 10.0. The summed E-state index contributed by atoms with van der Waals surface area (Å²) in [5.41, 5.74) is 1.28. The highest BCUT2D eigenvalue weighted by Crippen LogP contribution is 2.21. The van der Waals surface area contributed by atoms with Crippen molar-refractivity contribution >= 4 is 15.9 Å². The SMILES string of the molecule is CC1CCNC(C)(C)CN1Cc1ccc(F)c(Br)c1. The van der Waals surface area contributed by atoms with Crippen LogP contribution in [-0.4, -0.2) is 29.6 Å². The van der Waals surface area contributed by atoms with Gasteiger partial charge in [-0.2, -0.15) is 0 Å². The van der Waals surface area contributed by atoms with Crippen LogP contribution in [-0.2, 0) is 6.54 Å². The summed E-state index contributed by atoms with van der Waals surface area (Å²) in [6, 6.07) is 5.83. The van der Waals surface area contributed by atoms with E-state index in [1.807, 2.05) is 12.1 Å². The van der Waals surface area contributed by atoms with Crippen LogP contribution in [0.4, 0.5) is 4.39 Å². The monoisotopic (exact) mass is 328 g/mol. The van der Waals surface area contributed by atoms with Gasteiger partial charge in [-0.25, -0.2) is 4.39 Å². The molecule has 1 heterocycles. The van der Waals surface area contributed by atoms with Crippen LogP contribution in [0.3, 0.4) is 0 Å². The van der Waals surface area contributed by atoms with Crippen LogP contribution in [0.5, 0.6) is 0 Å². The molecular weight excluding hydrogens is 307 g/mol. The molecule has 1 atom stereocenters. The van der Waals surface area contributed by atoms with Crippen molar-refractivity contribution < 1.29 is 4.39 Å². The number of benzene rings is 1. The quantitative estimate of drug-likeness (QED) is 0.893. The lowest BCUT2D eigenvalue weighted by Gasteiger charge is -2.33.